The number of nitrogens with two attached hydrogens (primary N) is 1. The second kappa shape index (κ2) is 10.4. The second-order valence-corrected chi connectivity index (χ2v) is 7.16. The van der Waals surface area contributed by atoms with Crippen LogP contribution < -0.4 is 10.5 Å². The molecule has 0 spiro atoms. The van der Waals surface area contributed by atoms with Gasteiger partial charge in [-0.15, -0.1) is 0 Å². The van der Waals surface area contributed by atoms with E-state index in [1.54, 1.807) is 12.1 Å². The van der Waals surface area contributed by atoms with E-state index in [-0.39, 0.29) is 0 Å². The minimum Gasteiger partial charge on any atom is -0.439 e. The number of allylic oxidation sites excluding steroid dienone is 1. The molecule has 30 heavy (non-hydrogen) atoms. The molecule has 1 aromatic heterocycles. The van der Waals surface area contributed by atoms with Crippen LogP contribution in [0.2, 0.25) is 0 Å². The lowest BCUT2D eigenvalue weighted by Crippen LogP contribution is -2.23. The standard InChI is InChI=1S/C25H27N3O2/c1-3-20(21-7-5-4-6-8-21)18-28(2)16-15-19-9-12-23(13-10-19)30-24-14-11-22(17-27-24)25(26)29/h3-14,17H,15-16,18H2,1-2H3,(H2,26,29). The molecule has 0 atom stereocenters. The summed E-state index contributed by atoms with van der Waals surface area (Å²) in [6.45, 7) is 3.96. The summed E-state index contributed by atoms with van der Waals surface area (Å²) in [5, 5.41) is 0. The van der Waals surface area contributed by atoms with Gasteiger partial charge in [-0.05, 0) is 55.3 Å². The van der Waals surface area contributed by atoms with Crippen molar-refractivity contribution in [1.29, 1.82) is 0 Å². The maximum atomic E-state index is 11.1. The molecule has 5 heteroatoms. The molecular weight excluding hydrogens is 374 g/mol. The van der Waals surface area contributed by atoms with Gasteiger partial charge in [-0.3, -0.25) is 4.79 Å². The topological polar surface area (TPSA) is 68.5 Å². The average molecular weight is 402 g/mol. The van der Waals surface area contributed by atoms with Crippen LogP contribution in [0.1, 0.15) is 28.4 Å². The van der Waals surface area contributed by atoms with E-state index < -0.39 is 5.91 Å². The zero-order chi connectivity index (χ0) is 21.3. The Morgan fingerprint density at radius 2 is 1.77 bits per heavy atom. The van der Waals surface area contributed by atoms with Gasteiger partial charge < -0.3 is 15.4 Å². The fourth-order valence-corrected chi connectivity index (χ4v) is 3.12. The van der Waals surface area contributed by atoms with Crippen LogP contribution in [0, 0.1) is 0 Å². The molecule has 5 nitrogen and oxygen atoms in total. The summed E-state index contributed by atoms with van der Waals surface area (Å²) in [6.07, 6.45) is 4.55. The van der Waals surface area contributed by atoms with Gasteiger partial charge in [-0.1, -0.05) is 48.5 Å². The van der Waals surface area contributed by atoms with Crippen molar-refractivity contribution in [3.8, 4) is 11.6 Å². The van der Waals surface area contributed by atoms with Crippen molar-refractivity contribution < 1.29 is 9.53 Å². The molecule has 0 bridgehead atoms. The average Bonchev–Trinajstić information content (AvgIpc) is 2.78. The molecule has 0 unspecified atom stereocenters. The van der Waals surface area contributed by atoms with E-state index in [9.17, 15) is 4.79 Å². The fraction of sp³-hybridized carbons (Fsp3) is 0.200. The summed E-state index contributed by atoms with van der Waals surface area (Å²) in [5.41, 5.74) is 9.42. The maximum absolute atomic E-state index is 11.1. The summed E-state index contributed by atoms with van der Waals surface area (Å²) in [7, 11) is 2.14. The lowest BCUT2D eigenvalue weighted by molar-refractivity contribution is 0.1000. The van der Waals surface area contributed by atoms with Crippen LogP contribution in [0.3, 0.4) is 0 Å². The minimum absolute atomic E-state index is 0.357. The summed E-state index contributed by atoms with van der Waals surface area (Å²) in [5.74, 6) is 0.618. The number of hydrogen-bond donors (Lipinski definition) is 1. The lowest BCUT2D eigenvalue weighted by atomic mass is 10.1. The van der Waals surface area contributed by atoms with E-state index in [1.165, 1.54) is 22.9 Å². The van der Waals surface area contributed by atoms with Crippen LogP contribution in [0.4, 0.5) is 0 Å². The van der Waals surface area contributed by atoms with Gasteiger partial charge >= 0.3 is 0 Å². The number of aromatic nitrogens is 1. The highest BCUT2D eigenvalue weighted by Crippen LogP contribution is 2.20. The molecular formula is C25H27N3O2. The second-order valence-electron chi connectivity index (χ2n) is 7.16. The van der Waals surface area contributed by atoms with E-state index in [0.29, 0.717) is 17.2 Å². The van der Waals surface area contributed by atoms with Gasteiger partial charge in [0.15, 0.2) is 0 Å². The Morgan fingerprint density at radius 3 is 2.37 bits per heavy atom. The molecule has 0 aliphatic heterocycles. The van der Waals surface area contributed by atoms with Crippen molar-refractivity contribution in [3.05, 3.63) is 95.7 Å². The Labute approximate surface area is 177 Å². The summed E-state index contributed by atoms with van der Waals surface area (Å²) in [6, 6.07) is 21.7. The van der Waals surface area contributed by atoms with Gasteiger partial charge in [0.2, 0.25) is 11.8 Å². The number of hydrogen-bond acceptors (Lipinski definition) is 4. The predicted octanol–water partition coefficient (Wildman–Crippen LogP) is 4.55. The summed E-state index contributed by atoms with van der Waals surface area (Å²) >= 11 is 0. The van der Waals surface area contributed by atoms with Crippen LogP contribution in [-0.4, -0.2) is 35.9 Å². The molecule has 0 saturated heterocycles. The van der Waals surface area contributed by atoms with E-state index in [1.807, 2.05) is 18.2 Å². The Hall–Kier alpha value is -3.44. The minimum atomic E-state index is -0.506. The molecule has 0 fully saturated rings. The maximum Gasteiger partial charge on any atom is 0.250 e. The van der Waals surface area contributed by atoms with Gasteiger partial charge in [-0.25, -0.2) is 4.98 Å². The van der Waals surface area contributed by atoms with Crippen LogP contribution >= 0.6 is 0 Å². The van der Waals surface area contributed by atoms with Gasteiger partial charge in [0.05, 0.1) is 5.56 Å². The van der Waals surface area contributed by atoms with Crippen LogP contribution in [-0.2, 0) is 6.42 Å². The molecule has 154 valence electrons. The monoisotopic (exact) mass is 401 g/mol. The molecule has 0 radical (unpaired) electrons. The van der Waals surface area contributed by atoms with Gasteiger partial charge in [0.1, 0.15) is 5.75 Å². The molecule has 3 rings (SSSR count). The van der Waals surface area contributed by atoms with Gasteiger partial charge in [-0.2, -0.15) is 0 Å². The number of amides is 1. The first-order valence-electron chi connectivity index (χ1n) is 9.97. The van der Waals surface area contributed by atoms with Crippen LogP contribution in [0.25, 0.3) is 5.57 Å². The van der Waals surface area contributed by atoms with Crippen molar-refractivity contribution >= 4 is 11.5 Å². The molecule has 0 saturated carbocycles. The normalized spacial score (nSPS) is 11.5. The number of primary amides is 1. The van der Waals surface area contributed by atoms with E-state index in [0.717, 1.165) is 19.5 Å². The largest absolute Gasteiger partial charge is 0.439 e. The van der Waals surface area contributed by atoms with E-state index >= 15 is 0 Å². The first-order chi connectivity index (χ1) is 14.5. The molecule has 3 aromatic rings. The van der Waals surface area contributed by atoms with E-state index in [2.05, 4.69) is 66.3 Å². The predicted molar refractivity (Wildman–Crippen MR) is 121 cm³/mol. The number of carbonyl (C=O) groups excluding carboxylic acids is 1. The number of benzene rings is 2. The summed E-state index contributed by atoms with van der Waals surface area (Å²) in [4.78, 5) is 17.5. The number of carbonyl (C=O) groups is 1. The summed E-state index contributed by atoms with van der Waals surface area (Å²) < 4.78 is 5.73. The van der Waals surface area contributed by atoms with Crippen molar-refractivity contribution in [1.82, 2.24) is 9.88 Å². The number of likely N-dealkylation sites (N-methyl/N-ethyl adjacent to an activating group) is 1. The smallest absolute Gasteiger partial charge is 0.250 e. The van der Waals surface area contributed by atoms with Crippen LogP contribution in [0.5, 0.6) is 11.6 Å². The van der Waals surface area contributed by atoms with Crippen molar-refractivity contribution in [2.24, 2.45) is 5.73 Å². The zero-order valence-corrected chi connectivity index (χ0v) is 17.4. The SMILES string of the molecule is CC=C(CN(C)CCc1ccc(Oc2ccc(C(N)=O)cn2)cc1)c1ccccc1. The zero-order valence-electron chi connectivity index (χ0n) is 17.4. The number of ether oxygens (including phenoxy) is 1. The van der Waals surface area contributed by atoms with Gasteiger partial charge in [0.25, 0.3) is 0 Å². The first kappa shape index (κ1) is 21.3. The van der Waals surface area contributed by atoms with Crippen molar-refractivity contribution in [2.45, 2.75) is 13.3 Å². The Morgan fingerprint density at radius 1 is 1.03 bits per heavy atom. The number of nitrogens with zero attached hydrogens (tertiary/aromatic N) is 2. The Kier molecular flexibility index (Phi) is 7.35. The molecule has 2 aromatic carbocycles. The van der Waals surface area contributed by atoms with Crippen molar-refractivity contribution in [3.63, 3.8) is 0 Å². The highest BCUT2D eigenvalue weighted by Gasteiger charge is 2.06. The van der Waals surface area contributed by atoms with Gasteiger partial charge in [0, 0.05) is 25.4 Å². The number of rotatable bonds is 9. The molecule has 1 heterocycles. The molecule has 2 N–H and O–H groups in total. The van der Waals surface area contributed by atoms with E-state index in [4.69, 9.17) is 10.5 Å². The van der Waals surface area contributed by atoms with Crippen molar-refractivity contribution in [2.75, 3.05) is 20.1 Å². The lowest BCUT2D eigenvalue weighted by Gasteiger charge is -2.19. The fourth-order valence-electron chi connectivity index (χ4n) is 3.12. The molecule has 1 amide bonds. The third-order valence-electron chi connectivity index (χ3n) is 4.88. The Balaban J connectivity index is 1.51. The first-order valence-corrected chi connectivity index (χ1v) is 9.97. The highest BCUT2D eigenvalue weighted by atomic mass is 16.5. The number of pyridine rings is 1. The Bertz CT molecular complexity index is 981. The third kappa shape index (κ3) is 6.03. The molecule has 0 aliphatic carbocycles. The third-order valence-corrected chi connectivity index (χ3v) is 4.88. The molecule has 0 aliphatic rings. The quantitative estimate of drug-likeness (QED) is 0.571. The van der Waals surface area contributed by atoms with Crippen LogP contribution in [0.15, 0.2) is 79.0 Å². The highest BCUT2D eigenvalue weighted by molar-refractivity contribution is 5.92.